The summed E-state index contributed by atoms with van der Waals surface area (Å²) in [5, 5.41) is 0. The summed E-state index contributed by atoms with van der Waals surface area (Å²) in [6, 6.07) is 12.1. The Kier molecular flexibility index (Phi) is 4.78. The zero-order valence-electron chi connectivity index (χ0n) is 16.7. The van der Waals surface area contributed by atoms with Crippen LogP contribution < -0.4 is 4.74 Å². The molecule has 1 aliphatic heterocycles. The number of aryl methyl sites for hydroxylation is 1. The van der Waals surface area contributed by atoms with E-state index in [1.165, 1.54) is 31.1 Å². The van der Waals surface area contributed by atoms with Gasteiger partial charge in [-0.2, -0.15) is 0 Å². The first-order valence-corrected chi connectivity index (χ1v) is 10.5. The number of benzene rings is 2. The van der Waals surface area contributed by atoms with E-state index in [9.17, 15) is 9.18 Å². The lowest BCUT2D eigenvalue weighted by Gasteiger charge is -2.41. The van der Waals surface area contributed by atoms with E-state index >= 15 is 0 Å². The lowest BCUT2D eigenvalue weighted by molar-refractivity contribution is -0.152. The molecule has 5 heteroatoms. The van der Waals surface area contributed by atoms with Gasteiger partial charge in [0.25, 0.3) is 0 Å². The zero-order valence-corrected chi connectivity index (χ0v) is 16.7. The van der Waals surface area contributed by atoms with Crippen molar-refractivity contribution in [3.8, 4) is 5.75 Å². The van der Waals surface area contributed by atoms with Gasteiger partial charge in [0.1, 0.15) is 18.2 Å². The van der Waals surface area contributed by atoms with Gasteiger partial charge in [0.15, 0.2) is 0 Å². The van der Waals surface area contributed by atoms with Gasteiger partial charge >= 0.3 is 5.97 Å². The number of halogens is 1. The molecule has 1 saturated carbocycles. The van der Waals surface area contributed by atoms with Crippen molar-refractivity contribution in [2.75, 3.05) is 20.2 Å². The van der Waals surface area contributed by atoms with Gasteiger partial charge in [0.2, 0.25) is 0 Å². The van der Waals surface area contributed by atoms with Gasteiger partial charge < -0.3 is 9.47 Å². The summed E-state index contributed by atoms with van der Waals surface area (Å²) < 4.78 is 25.1. The van der Waals surface area contributed by atoms with Crippen molar-refractivity contribution >= 4 is 5.97 Å². The Morgan fingerprint density at radius 3 is 2.69 bits per heavy atom. The predicted molar refractivity (Wildman–Crippen MR) is 107 cm³/mol. The maximum Gasteiger partial charge on any atom is 0.311 e. The first-order valence-electron chi connectivity index (χ1n) is 10.5. The van der Waals surface area contributed by atoms with Gasteiger partial charge in [-0.25, -0.2) is 4.39 Å². The first kappa shape index (κ1) is 18.6. The van der Waals surface area contributed by atoms with Gasteiger partial charge in [-0.05, 0) is 66.5 Å². The lowest BCUT2D eigenvalue weighted by Crippen LogP contribution is -2.51. The van der Waals surface area contributed by atoms with Crippen LogP contribution in [0.25, 0.3) is 0 Å². The summed E-state index contributed by atoms with van der Waals surface area (Å²) in [5.41, 5.74) is 4.32. The van der Waals surface area contributed by atoms with Gasteiger partial charge in [-0.3, -0.25) is 9.69 Å². The number of carbonyl (C=O) groups excluding carboxylic acids is 1. The molecule has 29 heavy (non-hydrogen) atoms. The molecule has 2 aromatic carbocycles. The number of rotatable bonds is 6. The van der Waals surface area contributed by atoms with Crippen LogP contribution in [0.2, 0.25) is 0 Å². The number of fused-ring (bicyclic) bond motifs is 1. The number of hydrogen-bond donors (Lipinski definition) is 0. The number of hydrogen-bond acceptors (Lipinski definition) is 4. The lowest BCUT2D eigenvalue weighted by atomic mass is 9.95. The maximum absolute atomic E-state index is 14.3. The third kappa shape index (κ3) is 3.64. The summed E-state index contributed by atoms with van der Waals surface area (Å²) in [4.78, 5) is 14.0. The predicted octanol–water partition coefficient (Wildman–Crippen LogP) is 4.37. The molecule has 0 spiro atoms. The molecule has 4 nitrogen and oxygen atoms in total. The molecule has 2 fully saturated rings. The van der Waals surface area contributed by atoms with Crippen LogP contribution in [-0.2, 0) is 22.6 Å². The number of ether oxygens (including phenoxy) is 2. The van der Waals surface area contributed by atoms with Gasteiger partial charge in [-0.15, -0.1) is 0 Å². The standard InChI is InChI=1S/C24H26FNO3/c1-28-24(27)19-12-26(13-19)23-9-6-17-10-20(7-8-21(17)23)29-14-18-5-4-16(11-22(18)25)15-2-3-15/h4-5,7-8,10-11,15,19,23H,2-3,6,9,12-14H2,1H3. The molecular formula is C24H26FNO3. The van der Waals surface area contributed by atoms with Crippen LogP contribution >= 0.6 is 0 Å². The Hall–Kier alpha value is -2.40. The number of likely N-dealkylation sites (tertiary alicyclic amines) is 1. The van der Waals surface area contributed by atoms with E-state index in [-0.39, 0.29) is 24.3 Å². The molecule has 1 unspecified atom stereocenters. The summed E-state index contributed by atoms with van der Waals surface area (Å²) >= 11 is 0. The monoisotopic (exact) mass is 395 g/mol. The van der Waals surface area contributed by atoms with Crippen molar-refractivity contribution in [3.63, 3.8) is 0 Å². The highest BCUT2D eigenvalue weighted by Crippen LogP contribution is 2.41. The second-order valence-electron chi connectivity index (χ2n) is 8.50. The highest BCUT2D eigenvalue weighted by molar-refractivity contribution is 5.73. The molecule has 1 atom stereocenters. The Morgan fingerprint density at radius 2 is 1.97 bits per heavy atom. The molecule has 0 bridgehead atoms. The smallest absolute Gasteiger partial charge is 0.311 e. The molecule has 0 radical (unpaired) electrons. The van der Waals surface area contributed by atoms with Gasteiger partial charge in [0, 0.05) is 24.7 Å². The van der Waals surface area contributed by atoms with Crippen molar-refractivity contribution in [1.29, 1.82) is 0 Å². The zero-order chi connectivity index (χ0) is 20.0. The van der Waals surface area contributed by atoms with E-state index in [1.54, 1.807) is 6.07 Å². The normalized spacial score (nSPS) is 21.5. The third-order valence-electron chi connectivity index (χ3n) is 6.57. The minimum absolute atomic E-state index is 0.00727. The van der Waals surface area contributed by atoms with Crippen LogP contribution in [0.4, 0.5) is 4.39 Å². The van der Waals surface area contributed by atoms with E-state index in [0.29, 0.717) is 17.5 Å². The SMILES string of the molecule is COC(=O)C1CN(C2CCc3cc(OCc4ccc(C5CC5)cc4F)ccc32)C1. The Bertz CT molecular complexity index is 934. The number of carbonyl (C=O) groups is 1. The van der Waals surface area contributed by atoms with Crippen molar-refractivity contribution in [2.45, 2.75) is 44.2 Å². The van der Waals surface area contributed by atoms with Crippen molar-refractivity contribution in [1.82, 2.24) is 4.90 Å². The van der Waals surface area contributed by atoms with Crippen molar-refractivity contribution in [2.24, 2.45) is 5.92 Å². The van der Waals surface area contributed by atoms with Crippen LogP contribution in [0.15, 0.2) is 36.4 Å². The van der Waals surface area contributed by atoms with Gasteiger partial charge in [0.05, 0.1) is 13.0 Å². The Balaban J connectivity index is 1.21. The fourth-order valence-electron chi connectivity index (χ4n) is 4.64. The topological polar surface area (TPSA) is 38.8 Å². The largest absolute Gasteiger partial charge is 0.489 e. The van der Waals surface area contributed by atoms with Crippen LogP contribution in [-0.4, -0.2) is 31.1 Å². The molecule has 2 aliphatic carbocycles. The summed E-state index contributed by atoms with van der Waals surface area (Å²) in [5.74, 6) is 1.06. The van der Waals surface area contributed by atoms with Crippen molar-refractivity contribution in [3.05, 3.63) is 64.5 Å². The number of nitrogens with zero attached hydrogens (tertiary/aromatic N) is 1. The molecule has 1 saturated heterocycles. The fraction of sp³-hybridized carbons (Fsp3) is 0.458. The molecule has 0 aromatic heterocycles. The minimum Gasteiger partial charge on any atom is -0.489 e. The molecule has 1 heterocycles. The first-order chi connectivity index (χ1) is 14.1. The number of esters is 1. The molecule has 0 amide bonds. The van der Waals surface area contributed by atoms with Crippen LogP contribution in [0, 0.1) is 11.7 Å². The van der Waals surface area contributed by atoms with E-state index in [0.717, 1.165) is 37.2 Å². The summed E-state index contributed by atoms with van der Waals surface area (Å²) in [6.07, 6.45) is 4.41. The molecule has 0 N–H and O–H groups in total. The Morgan fingerprint density at radius 1 is 1.14 bits per heavy atom. The van der Waals surface area contributed by atoms with E-state index in [4.69, 9.17) is 9.47 Å². The highest BCUT2D eigenvalue weighted by atomic mass is 19.1. The summed E-state index contributed by atoms with van der Waals surface area (Å²) in [6.45, 7) is 1.78. The van der Waals surface area contributed by atoms with Crippen LogP contribution in [0.1, 0.15) is 53.5 Å². The fourth-order valence-corrected chi connectivity index (χ4v) is 4.64. The molecule has 152 valence electrons. The van der Waals surface area contributed by atoms with Crippen LogP contribution in [0.5, 0.6) is 5.75 Å². The Labute approximate surface area is 170 Å². The summed E-state index contributed by atoms with van der Waals surface area (Å²) in [7, 11) is 1.45. The third-order valence-corrected chi connectivity index (χ3v) is 6.57. The minimum atomic E-state index is -0.173. The van der Waals surface area contributed by atoms with Gasteiger partial charge in [-0.1, -0.05) is 18.2 Å². The van der Waals surface area contributed by atoms with Crippen LogP contribution in [0.3, 0.4) is 0 Å². The second kappa shape index (κ2) is 7.45. The molecule has 5 rings (SSSR count). The average Bonchev–Trinajstić information content (AvgIpc) is 3.47. The van der Waals surface area contributed by atoms with Crippen molar-refractivity contribution < 1.29 is 18.7 Å². The highest BCUT2D eigenvalue weighted by Gasteiger charge is 2.40. The average molecular weight is 395 g/mol. The molecular weight excluding hydrogens is 369 g/mol. The second-order valence-corrected chi connectivity index (χ2v) is 8.50. The van der Waals surface area contributed by atoms with E-state index < -0.39 is 0 Å². The molecule has 3 aliphatic rings. The maximum atomic E-state index is 14.3. The number of methoxy groups -OCH3 is 1. The van der Waals surface area contributed by atoms with E-state index in [2.05, 4.69) is 17.0 Å². The quantitative estimate of drug-likeness (QED) is 0.681. The molecule has 2 aromatic rings. The van der Waals surface area contributed by atoms with E-state index in [1.807, 2.05) is 18.2 Å².